The fraction of sp³-hybridized carbons (Fsp3) is 0.0385. The number of carboxylic acids is 3. The second-order valence-corrected chi connectivity index (χ2v) is 15.6. The standard InChI is InChI=1S/C52H35N3O12/c1-25-2-11-34-42(18-25)66-43-21-30(53)9-14-35(43)45(34)32-12-7-28(19-38(32)51(62)63)49(59)54-23-26-3-5-27(6-4-26)48(58)55-24-40-41(57)17-16-37-46(36-15-10-31(56)22-44(36)67-47(37)40)33-13-8-29(50(60)61)20-39(33)52(64)65/h2-22,56H,1,23-24,53H2,(H,54,59)(H,55,58)(H,60,61)(H,62,63)(H,64,65). The number of nitrogens with one attached hydrogen (secondary N) is 2. The number of benzene rings is 7. The van der Waals surface area contributed by atoms with E-state index in [9.17, 15) is 49.2 Å². The maximum atomic E-state index is 13.4. The number of carbonyl (C=O) groups is 5. The van der Waals surface area contributed by atoms with Crippen LogP contribution in [0.5, 0.6) is 17.2 Å². The van der Waals surface area contributed by atoms with Crippen LogP contribution in [0.25, 0.3) is 45.6 Å². The summed E-state index contributed by atoms with van der Waals surface area (Å²) in [7, 11) is 0. The van der Waals surface area contributed by atoms with Crippen LogP contribution in [0, 0.1) is 0 Å². The molecule has 0 aromatic heterocycles. The van der Waals surface area contributed by atoms with Crippen molar-refractivity contribution in [1.82, 2.24) is 10.6 Å². The first-order chi connectivity index (χ1) is 32.1. The molecule has 0 unspecified atom stereocenters. The highest BCUT2D eigenvalue weighted by molar-refractivity contribution is 6.09. The molecule has 8 N–H and O–H groups in total. The number of hydrogen-bond donors (Lipinski definition) is 7. The van der Waals surface area contributed by atoms with E-state index in [-0.39, 0.29) is 69.1 Å². The van der Waals surface area contributed by atoms with Crippen molar-refractivity contribution < 1.29 is 53.6 Å². The number of nitrogen functional groups attached to an aromatic ring is 1. The fourth-order valence-electron chi connectivity index (χ4n) is 8.16. The number of ether oxygens (including phenoxy) is 1. The molecule has 2 aliphatic heterocycles. The lowest BCUT2D eigenvalue weighted by atomic mass is 9.88. The van der Waals surface area contributed by atoms with Gasteiger partial charge in [-0.15, -0.1) is 0 Å². The van der Waals surface area contributed by atoms with Crippen molar-refractivity contribution in [2.24, 2.45) is 0 Å². The number of carbonyl (C=O) groups excluding carboxylic acids is 2. The second kappa shape index (κ2) is 16.9. The third-order valence-corrected chi connectivity index (χ3v) is 11.4. The van der Waals surface area contributed by atoms with Crippen molar-refractivity contribution in [2.45, 2.75) is 13.1 Å². The lowest BCUT2D eigenvalue weighted by molar-refractivity contribution is 0.0682. The molecule has 0 bridgehead atoms. The Bertz CT molecular complexity index is 3600. The van der Waals surface area contributed by atoms with Crippen LogP contribution < -0.4 is 37.0 Å². The SMILES string of the molecule is C=c1ccc2c(c1)Oc1cc(N)ccc1C=2c1ccc(C(=O)NCc2ccc(C(=O)NCc3c4oc5cc(O)ccc5c(-c5ccc(C(=O)O)cc5C(=O)O)c-4ccc3=O)cc2)cc1C(=O)O. The van der Waals surface area contributed by atoms with Gasteiger partial charge in [0, 0.05) is 68.4 Å². The molecule has 15 nitrogen and oxygen atoms in total. The molecule has 0 saturated heterocycles. The van der Waals surface area contributed by atoms with Crippen LogP contribution in [0.15, 0.2) is 137 Å². The predicted molar refractivity (Wildman–Crippen MR) is 246 cm³/mol. The summed E-state index contributed by atoms with van der Waals surface area (Å²) in [5, 5.41) is 47.6. The van der Waals surface area contributed by atoms with E-state index in [1.54, 1.807) is 54.6 Å². The van der Waals surface area contributed by atoms with E-state index >= 15 is 0 Å². The van der Waals surface area contributed by atoms with E-state index < -0.39 is 35.2 Å². The van der Waals surface area contributed by atoms with Gasteiger partial charge in [0.15, 0.2) is 5.43 Å². The van der Waals surface area contributed by atoms with E-state index in [1.807, 2.05) is 0 Å². The molecule has 67 heavy (non-hydrogen) atoms. The highest BCUT2D eigenvalue weighted by atomic mass is 16.5. The number of hydrogen-bond acceptors (Lipinski definition) is 10. The number of amides is 2. The molecule has 0 spiro atoms. The Hall–Kier alpha value is -9.50. The number of anilines is 1. The van der Waals surface area contributed by atoms with Crippen LogP contribution in [-0.4, -0.2) is 50.1 Å². The average molecular weight is 894 g/mol. The number of carboxylic acid groups (broad SMARTS) is 3. The van der Waals surface area contributed by atoms with Gasteiger partial charge in [0.1, 0.15) is 28.6 Å². The Morgan fingerprint density at radius 2 is 1.24 bits per heavy atom. The molecule has 9 rings (SSSR count). The lowest BCUT2D eigenvalue weighted by Gasteiger charge is -2.22. The van der Waals surface area contributed by atoms with E-state index in [1.165, 1.54) is 66.7 Å². The van der Waals surface area contributed by atoms with E-state index in [2.05, 4.69) is 17.2 Å². The lowest BCUT2D eigenvalue weighted by Crippen LogP contribution is -2.27. The minimum atomic E-state index is -1.40. The molecule has 0 saturated carbocycles. The number of nitrogens with two attached hydrogens (primary N) is 1. The van der Waals surface area contributed by atoms with Gasteiger partial charge in [-0.3, -0.25) is 14.4 Å². The van der Waals surface area contributed by atoms with Crippen molar-refractivity contribution in [3.8, 4) is 39.7 Å². The van der Waals surface area contributed by atoms with Gasteiger partial charge in [0.05, 0.1) is 28.8 Å². The van der Waals surface area contributed by atoms with Crippen LogP contribution in [-0.2, 0) is 13.1 Å². The van der Waals surface area contributed by atoms with Gasteiger partial charge in [-0.2, -0.15) is 0 Å². The first-order valence-corrected chi connectivity index (χ1v) is 20.4. The zero-order chi connectivity index (χ0) is 47.3. The summed E-state index contributed by atoms with van der Waals surface area (Å²) in [4.78, 5) is 77.1. The minimum absolute atomic E-state index is 0.00668. The van der Waals surface area contributed by atoms with Gasteiger partial charge >= 0.3 is 17.9 Å². The molecule has 330 valence electrons. The molecule has 15 heteroatoms. The number of aromatic hydroxyl groups is 1. The molecule has 2 heterocycles. The Kier molecular flexibility index (Phi) is 10.8. The van der Waals surface area contributed by atoms with Gasteiger partial charge in [-0.05, 0) is 101 Å². The van der Waals surface area contributed by atoms with Crippen LogP contribution in [0.2, 0.25) is 0 Å². The molecule has 1 aliphatic carbocycles. The molecular weight excluding hydrogens is 859 g/mol. The van der Waals surface area contributed by atoms with Crippen molar-refractivity contribution in [1.29, 1.82) is 0 Å². The zero-order valence-corrected chi connectivity index (χ0v) is 34.9. The predicted octanol–water partition coefficient (Wildman–Crippen LogP) is 6.57. The molecule has 0 fully saturated rings. The molecule has 0 radical (unpaired) electrons. The van der Waals surface area contributed by atoms with Gasteiger partial charge in [-0.1, -0.05) is 43.0 Å². The van der Waals surface area contributed by atoms with Crippen molar-refractivity contribution in [3.05, 3.63) is 198 Å². The normalized spacial score (nSPS) is 11.6. The van der Waals surface area contributed by atoms with Crippen LogP contribution in [0.1, 0.15) is 74.0 Å². The summed E-state index contributed by atoms with van der Waals surface area (Å²) < 4.78 is 12.3. The number of aromatic carboxylic acids is 3. The highest BCUT2D eigenvalue weighted by Crippen LogP contribution is 2.43. The van der Waals surface area contributed by atoms with Gasteiger partial charge in [-0.25, -0.2) is 14.4 Å². The molecule has 6 aromatic rings. The topological polar surface area (TPSA) is 256 Å². The van der Waals surface area contributed by atoms with Crippen molar-refractivity contribution >= 4 is 58.5 Å². The highest BCUT2D eigenvalue weighted by Gasteiger charge is 2.28. The summed E-state index contributed by atoms with van der Waals surface area (Å²) in [5.41, 5.74) is 8.66. The largest absolute Gasteiger partial charge is 0.508 e. The third-order valence-electron chi connectivity index (χ3n) is 11.4. The van der Waals surface area contributed by atoms with Crippen LogP contribution >= 0.6 is 0 Å². The Labute approximate surface area is 378 Å². The number of phenolic OH excluding ortho intramolecular Hbond substituents is 1. The third kappa shape index (κ3) is 8.04. The molecule has 0 atom stereocenters. The van der Waals surface area contributed by atoms with Crippen molar-refractivity contribution in [3.63, 3.8) is 0 Å². The quantitative estimate of drug-likeness (QED) is 0.0536. The minimum Gasteiger partial charge on any atom is -0.508 e. The molecular formula is C52H35N3O12. The van der Waals surface area contributed by atoms with Gasteiger partial charge in [0.25, 0.3) is 11.8 Å². The Balaban J connectivity index is 0.931. The van der Waals surface area contributed by atoms with Crippen molar-refractivity contribution in [2.75, 3.05) is 5.73 Å². The summed E-state index contributed by atoms with van der Waals surface area (Å²) in [6.07, 6.45) is 0. The summed E-state index contributed by atoms with van der Waals surface area (Å²) >= 11 is 0. The monoisotopic (exact) mass is 893 g/mol. The second-order valence-electron chi connectivity index (χ2n) is 15.6. The Morgan fingerprint density at radius 1 is 0.597 bits per heavy atom. The molecule has 6 aromatic carbocycles. The number of rotatable bonds is 11. The summed E-state index contributed by atoms with van der Waals surface area (Å²) in [5.74, 6) is -4.32. The van der Waals surface area contributed by atoms with E-state index in [0.29, 0.717) is 66.4 Å². The first-order valence-electron chi connectivity index (χ1n) is 20.4. The van der Waals surface area contributed by atoms with E-state index in [0.717, 1.165) is 6.07 Å². The Morgan fingerprint density at radius 3 is 1.99 bits per heavy atom. The van der Waals surface area contributed by atoms with E-state index in [4.69, 9.17) is 14.9 Å². The fourth-order valence-corrected chi connectivity index (χ4v) is 8.16. The molecule has 3 aliphatic rings. The van der Waals surface area contributed by atoms with Crippen LogP contribution in [0.4, 0.5) is 5.69 Å². The van der Waals surface area contributed by atoms with Gasteiger partial charge in [0.2, 0.25) is 0 Å². The smallest absolute Gasteiger partial charge is 0.336 e. The number of phenols is 1. The van der Waals surface area contributed by atoms with Gasteiger partial charge < -0.3 is 45.9 Å². The molecule has 2 amide bonds. The summed E-state index contributed by atoms with van der Waals surface area (Å²) in [6.45, 7) is 3.68. The maximum absolute atomic E-state index is 13.4. The first kappa shape index (κ1) is 42.8. The number of fused-ring (bicyclic) bond motifs is 4. The van der Waals surface area contributed by atoms with Crippen LogP contribution in [0.3, 0.4) is 0 Å². The summed E-state index contributed by atoms with van der Waals surface area (Å²) in [6, 6.07) is 31.7. The zero-order valence-electron chi connectivity index (χ0n) is 34.9. The maximum Gasteiger partial charge on any atom is 0.336 e. The average Bonchev–Trinajstić information content (AvgIpc) is 3.31.